The molecule has 0 saturated heterocycles. The van der Waals surface area contributed by atoms with Crippen molar-refractivity contribution in [3.8, 4) is 5.75 Å². The van der Waals surface area contributed by atoms with Gasteiger partial charge in [-0.05, 0) is 30.2 Å². The number of rotatable bonds is 3. The van der Waals surface area contributed by atoms with Crippen LogP contribution in [0.3, 0.4) is 0 Å². The number of nitrogens with one attached hydrogen (secondary N) is 1. The van der Waals surface area contributed by atoms with Gasteiger partial charge in [-0.2, -0.15) is 0 Å². The molecule has 1 atom stereocenters. The van der Waals surface area contributed by atoms with Crippen LogP contribution in [0, 0.1) is 5.92 Å². The second kappa shape index (κ2) is 6.42. The molecule has 1 aliphatic carbocycles. The van der Waals surface area contributed by atoms with E-state index in [2.05, 4.69) is 5.32 Å². The van der Waals surface area contributed by atoms with E-state index in [4.69, 9.17) is 16.3 Å². The second-order valence-corrected chi connectivity index (χ2v) is 5.96. The largest absolute Gasteiger partial charge is 0.495 e. The zero-order chi connectivity index (χ0) is 16.4. The van der Waals surface area contributed by atoms with Crippen molar-refractivity contribution in [1.29, 1.82) is 0 Å². The van der Waals surface area contributed by atoms with Crippen LogP contribution in [0.1, 0.15) is 22.3 Å². The van der Waals surface area contributed by atoms with Crippen molar-refractivity contribution >= 4 is 29.0 Å². The van der Waals surface area contributed by atoms with E-state index in [0.29, 0.717) is 22.9 Å². The smallest absolute Gasteiger partial charge is 0.228 e. The van der Waals surface area contributed by atoms with Gasteiger partial charge in [0.1, 0.15) is 5.75 Å². The first-order chi connectivity index (χ1) is 11.1. The van der Waals surface area contributed by atoms with Crippen molar-refractivity contribution in [3.05, 3.63) is 58.6 Å². The summed E-state index contributed by atoms with van der Waals surface area (Å²) < 4.78 is 5.23. The molecular weight excluding hydrogens is 314 g/mol. The average Bonchev–Trinajstić information content (AvgIpc) is 2.55. The molecule has 0 fully saturated rings. The van der Waals surface area contributed by atoms with Crippen LogP contribution < -0.4 is 10.1 Å². The van der Waals surface area contributed by atoms with Gasteiger partial charge in [-0.1, -0.05) is 35.9 Å². The summed E-state index contributed by atoms with van der Waals surface area (Å²) in [5.74, 6) is -0.0511. The number of Topliss-reactive ketones (excluding diaryl/α,β-unsaturated/α-hetero) is 1. The Morgan fingerprint density at radius 2 is 2.00 bits per heavy atom. The number of amides is 1. The van der Waals surface area contributed by atoms with Crippen LogP contribution in [0.25, 0.3) is 0 Å². The van der Waals surface area contributed by atoms with E-state index in [1.807, 2.05) is 24.3 Å². The van der Waals surface area contributed by atoms with Gasteiger partial charge in [0, 0.05) is 22.9 Å². The van der Waals surface area contributed by atoms with Crippen LogP contribution in [0.15, 0.2) is 42.5 Å². The van der Waals surface area contributed by atoms with Crippen LogP contribution in [-0.2, 0) is 11.2 Å². The molecule has 0 spiro atoms. The molecule has 0 aliphatic heterocycles. The Balaban J connectivity index is 1.80. The molecule has 2 aromatic carbocycles. The van der Waals surface area contributed by atoms with E-state index in [0.717, 1.165) is 11.1 Å². The van der Waals surface area contributed by atoms with Gasteiger partial charge in [0.25, 0.3) is 0 Å². The molecule has 0 bridgehead atoms. The van der Waals surface area contributed by atoms with Gasteiger partial charge in [-0.3, -0.25) is 9.59 Å². The first-order valence-electron chi connectivity index (χ1n) is 7.34. The fourth-order valence-electron chi connectivity index (χ4n) is 2.84. The Labute approximate surface area is 139 Å². The topological polar surface area (TPSA) is 55.4 Å². The normalized spacial score (nSPS) is 16.6. The molecule has 5 heteroatoms. The third-order valence-electron chi connectivity index (χ3n) is 4.01. The minimum atomic E-state index is -0.388. The highest BCUT2D eigenvalue weighted by Gasteiger charge is 2.30. The molecule has 3 rings (SSSR count). The molecule has 118 valence electrons. The summed E-state index contributed by atoms with van der Waals surface area (Å²) in [6.45, 7) is 0. The maximum atomic E-state index is 12.5. The van der Waals surface area contributed by atoms with Gasteiger partial charge >= 0.3 is 0 Å². The standard InChI is InChI=1S/C18H16ClNO3/c1-23-17-7-6-13(19)10-15(17)20-18(22)12-8-11-4-2-3-5-14(11)16(21)9-12/h2-7,10,12H,8-9H2,1H3,(H,20,22). The lowest BCUT2D eigenvalue weighted by Gasteiger charge is -2.23. The zero-order valence-corrected chi connectivity index (χ0v) is 13.4. The van der Waals surface area contributed by atoms with Crippen molar-refractivity contribution in [1.82, 2.24) is 0 Å². The van der Waals surface area contributed by atoms with Crippen molar-refractivity contribution in [2.45, 2.75) is 12.8 Å². The molecule has 4 nitrogen and oxygen atoms in total. The Morgan fingerprint density at radius 1 is 1.22 bits per heavy atom. The molecule has 1 amide bonds. The number of fused-ring (bicyclic) bond motifs is 1. The summed E-state index contributed by atoms with van der Waals surface area (Å²) in [5, 5.41) is 3.33. The van der Waals surface area contributed by atoms with Crippen LogP contribution >= 0.6 is 11.6 Å². The van der Waals surface area contributed by atoms with Crippen molar-refractivity contribution in [2.75, 3.05) is 12.4 Å². The molecule has 0 heterocycles. The predicted molar refractivity (Wildman–Crippen MR) is 89.2 cm³/mol. The van der Waals surface area contributed by atoms with E-state index in [9.17, 15) is 9.59 Å². The third kappa shape index (κ3) is 3.22. The zero-order valence-electron chi connectivity index (χ0n) is 12.6. The molecule has 1 aliphatic rings. The highest BCUT2D eigenvalue weighted by Crippen LogP contribution is 2.30. The van der Waals surface area contributed by atoms with Gasteiger partial charge < -0.3 is 10.1 Å². The van der Waals surface area contributed by atoms with Gasteiger partial charge in [0.05, 0.1) is 12.8 Å². The quantitative estimate of drug-likeness (QED) is 0.933. The maximum absolute atomic E-state index is 12.5. The van der Waals surface area contributed by atoms with Gasteiger partial charge in [0.2, 0.25) is 5.91 Å². The van der Waals surface area contributed by atoms with Crippen molar-refractivity contribution in [3.63, 3.8) is 0 Å². The third-order valence-corrected chi connectivity index (χ3v) is 4.24. The number of carbonyl (C=O) groups is 2. The molecular formula is C18H16ClNO3. The number of methoxy groups -OCH3 is 1. The first kappa shape index (κ1) is 15.6. The second-order valence-electron chi connectivity index (χ2n) is 5.52. The first-order valence-corrected chi connectivity index (χ1v) is 7.72. The molecule has 1 unspecified atom stereocenters. The van der Waals surface area contributed by atoms with Crippen LogP contribution in [-0.4, -0.2) is 18.8 Å². The lowest BCUT2D eigenvalue weighted by Crippen LogP contribution is -2.31. The SMILES string of the molecule is COc1ccc(Cl)cc1NC(=O)C1CC(=O)c2ccccc2C1. The lowest BCUT2D eigenvalue weighted by atomic mass is 9.82. The minimum absolute atomic E-state index is 0.00468. The summed E-state index contributed by atoms with van der Waals surface area (Å²) >= 11 is 5.97. The minimum Gasteiger partial charge on any atom is -0.495 e. The lowest BCUT2D eigenvalue weighted by molar-refractivity contribution is -0.119. The van der Waals surface area contributed by atoms with E-state index in [-0.39, 0.29) is 24.0 Å². The van der Waals surface area contributed by atoms with Crippen molar-refractivity contribution in [2.24, 2.45) is 5.92 Å². The predicted octanol–water partition coefficient (Wildman–Crippen LogP) is 3.73. The number of benzene rings is 2. The van der Waals surface area contributed by atoms with Crippen molar-refractivity contribution < 1.29 is 14.3 Å². The number of ketones is 1. The Kier molecular flexibility index (Phi) is 4.35. The summed E-state index contributed by atoms with van der Waals surface area (Å²) in [5.41, 5.74) is 2.15. The number of anilines is 1. The summed E-state index contributed by atoms with van der Waals surface area (Å²) in [4.78, 5) is 24.7. The monoisotopic (exact) mass is 329 g/mol. The number of hydrogen-bond donors (Lipinski definition) is 1. The molecule has 0 saturated carbocycles. The maximum Gasteiger partial charge on any atom is 0.228 e. The Morgan fingerprint density at radius 3 is 2.78 bits per heavy atom. The number of hydrogen-bond acceptors (Lipinski definition) is 3. The fraction of sp³-hybridized carbons (Fsp3) is 0.222. The Bertz CT molecular complexity index is 773. The van der Waals surface area contributed by atoms with Gasteiger partial charge in [0.15, 0.2) is 5.78 Å². The summed E-state index contributed by atoms with van der Waals surface area (Å²) in [6, 6.07) is 12.4. The molecule has 1 N–H and O–H groups in total. The van der Waals surface area contributed by atoms with E-state index >= 15 is 0 Å². The molecule has 23 heavy (non-hydrogen) atoms. The van der Waals surface area contributed by atoms with Gasteiger partial charge in [-0.15, -0.1) is 0 Å². The molecule has 0 aromatic heterocycles. The van der Waals surface area contributed by atoms with Crippen LogP contribution in [0.2, 0.25) is 5.02 Å². The highest BCUT2D eigenvalue weighted by atomic mass is 35.5. The van der Waals surface area contributed by atoms with Gasteiger partial charge in [-0.25, -0.2) is 0 Å². The number of carbonyl (C=O) groups excluding carboxylic acids is 2. The van der Waals surface area contributed by atoms with E-state index in [1.165, 1.54) is 7.11 Å². The highest BCUT2D eigenvalue weighted by molar-refractivity contribution is 6.31. The number of ether oxygens (including phenoxy) is 1. The Hall–Kier alpha value is -2.33. The molecule has 2 aromatic rings. The van der Waals surface area contributed by atoms with E-state index in [1.54, 1.807) is 18.2 Å². The summed E-state index contributed by atoms with van der Waals surface area (Å²) in [6.07, 6.45) is 0.766. The fourth-order valence-corrected chi connectivity index (χ4v) is 3.01. The average molecular weight is 330 g/mol. The van der Waals surface area contributed by atoms with Crippen LogP contribution in [0.5, 0.6) is 5.75 Å². The van der Waals surface area contributed by atoms with E-state index < -0.39 is 0 Å². The molecule has 0 radical (unpaired) electrons. The summed E-state index contributed by atoms with van der Waals surface area (Å²) in [7, 11) is 1.53. The number of halogens is 1. The van der Waals surface area contributed by atoms with Crippen LogP contribution in [0.4, 0.5) is 5.69 Å².